The van der Waals surface area contributed by atoms with Crippen LogP contribution >= 0.6 is 0 Å². The number of nitrogens with zero attached hydrogens (tertiary/aromatic N) is 2. The molecule has 16 heavy (non-hydrogen) atoms. The molecule has 2 aromatic rings. The maximum absolute atomic E-state index is 9.42. The van der Waals surface area contributed by atoms with Crippen molar-refractivity contribution in [3.05, 3.63) is 47.8 Å². The van der Waals surface area contributed by atoms with Gasteiger partial charge < -0.3 is 5.11 Å². The number of nitriles is 1. The molecule has 2 rings (SSSR count). The first-order valence-electron chi connectivity index (χ1n) is 4.86. The van der Waals surface area contributed by atoms with Crippen molar-refractivity contribution in [2.45, 2.75) is 6.92 Å². The Hall–Kier alpha value is -2.34. The van der Waals surface area contributed by atoms with Crippen LogP contribution in [0.4, 0.5) is 0 Å². The lowest BCUT2D eigenvalue weighted by atomic mass is 10.0. The Bertz CT molecular complexity index is 570. The van der Waals surface area contributed by atoms with Crippen LogP contribution in [0.25, 0.3) is 11.1 Å². The Morgan fingerprint density at radius 2 is 2.12 bits per heavy atom. The van der Waals surface area contributed by atoms with E-state index in [-0.39, 0.29) is 11.3 Å². The average Bonchev–Trinajstić information content (AvgIpc) is 2.31. The maximum Gasteiger partial charge on any atom is 0.133 e. The average molecular weight is 210 g/mol. The molecular weight excluding hydrogens is 200 g/mol. The van der Waals surface area contributed by atoms with Crippen molar-refractivity contribution in [3.63, 3.8) is 0 Å². The first kappa shape index (κ1) is 10.2. The van der Waals surface area contributed by atoms with Crippen LogP contribution in [0.1, 0.15) is 11.1 Å². The number of pyridine rings is 1. The predicted octanol–water partition coefficient (Wildman–Crippen LogP) is 2.63. The summed E-state index contributed by atoms with van der Waals surface area (Å²) in [5, 5.41) is 18.3. The zero-order valence-corrected chi connectivity index (χ0v) is 8.81. The second kappa shape index (κ2) is 4.03. The summed E-state index contributed by atoms with van der Waals surface area (Å²) in [6.45, 7) is 1.96. The lowest BCUT2D eigenvalue weighted by Gasteiger charge is -2.06. The number of benzene rings is 1. The number of rotatable bonds is 1. The van der Waals surface area contributed by atoms with E-state index in [2.05, 4.69) is 4.98 Å². The zero-order valence-electron chi connectivity index (χ0n) is 8.81. The van der Waals surface area contributed by atoms with E-state index in [4.69, 9.17) is 5.26 Å². The minimum absolute atomic E-state index is 0.0120. The fraction of sp³-hybridized carbons (Fsp3) is 0.0769. The summed E-state index contributed by atoms with van der Waals surface area (Å²) in [5.41, 5.74) is 3.26. The summed E-state index contributed by atoms with van der Waals surface area (Å²) in [7, 11) is 0. The number of hydrogen-bond donors (Lipinski definition) is 1. The van der Waals surface area contributed by atoms with Crippen molar-refractivity contribution < 1.29 is 5.11 Å². The van der Waals surface area contributed by atoms with E-state index >= 15 is 0 Å². The zero-order chi connectivity index (χ0) is 11.5. The van der Waals surface area contributed by atoms with Crippen molar-refractivity contribution in [1.29, 1.82) is 5.26 Å². The van der Waals surface area contributed by atoms with Gasteiger partial charge in [0.1, 0.15) is 11.8 Å². The topological polar surface area (TPSA) is 56.9 Å². The molecule has 1 aromatic heterocycles. The highest BCUT2D eigenvalue weighted by Crippen LogP contribution is 2.27. The first-order chi connectivity index (χ1) is 7.72. The second-order valence-electron chi connectivity index (χ2n) is 3.53. The molecule has 78 valence electrons. The van der Waals surface area contributed by atoms with Gasteiger partial charge in [0.2, 0.25) is 0 Å². The van der Waals surface area contributed by atoms with E-state index in [0.29, 0.717) is 0 Å². The van der Waals surface area contributed by atoms with E-state index < -0.39 is 0 Å². The molecule has 3 heteroatoms. The minimum atomic E-state index is 0.0120. The largest absolute Gasteiger partial charge is 0.507 e. The van der Waals surface area contributed by atoms with Gasteiger partial charge in [-0.1, -0.05) is 6.07 Å². The third-order valence-electron chi connectivity index (χ3n) is 2.45. The van der Waals surface area contributed by atoms with Crippen molar-refractivity contribution >= 4 is 0 Å². The van der Waals surface area contributed by atoms with Crippen LogP contribution in [-0.2, 0) is 0 Å². The highest BCUT2D eigenvalue weighted by Gasteiger charge is 2.05. The van der Waals surface area contributed by atoms with Crippen molar-refractivity contribution in [2.75, 3.05) is 0 Å². The highest BCUT2D eigenvalue weighted by atomic mass is 16.3. The fourth-order valence-corrected chi connectivity index (χ4v) is 1.59. The smallest absolute Gasteiger partial charge is 0.133 e. The standard InChI is InChI=1S/C13H10N2O/c1-9-8-15-5-4-12(9)10-2-3-13(16)11(6-10)7-14/h2-6,8,16H,1H3. The summed E-state index contributed by atoms with van der Waals surface area (Å²) in [4.78, 5) is 4.02. The molecule has 0 saturated carbocycles. The number of phenolic OH excluding ortho intramolecular Hbond substituents is 1. The molecule has 0 radical (unpaired) electrons. The van der Waals surface area contributed by atoms with Crippen LogP contribution in [0, 0.1) is 18.3 Å². The number of hydrogen-bond acceptors (Lipinski definition) is 3. The van der Waals surface area contributed by atoms with Crippen LogP contribution in [0.3, 0.4) is 0 Å². The molecule has 0 atom stereocenters. The van der Waals surface area contributed by atoms with Crippen LogP contribution < -0.4 is 0 Å². The van der Waals surface area contributed by atoms with Crippen molar-refractivity contribution in [3.8, 4) is 22.9 Å². The molecule has 0 bridgehead atoms. The van der Waals surface area contributed by atoms with Gasteiger partial charge in [0.25, 0.3) is 0 Å². The van der Waals surface area contributed by atoms with Gasteiger partial charge in [-0.2, -0.15) is 5.26 Å². The monoisotopic (exact) mass is 210 g/mol. The fourth-order valence-electron chi connectivity index (χ4n) is 1.59. The highest BCUT2D eigenvalue weighted by molar-refractivity contribution is 5.69. The first-order valence-corrected chi connectivity index (χ1v) is 4.86. The van der Waals surface area contributed by atoms with Crippen LogP contribution in [0.2, 0.25) is 0 Å². The molecule has 0 aliphatic rings. The van der Waals surface area contributed by atoms with Gasteiger partial charge in [-0.15, -0.1) is 0 Å². The van der Waals surface area contributed by atoms with Crippen LogP contribution in [0.5, 0.6) is 5.75 Å². The summed E-state index contributed by atoms with van der Waals surface area (Å²) < 4.78 is 0. The molecule has 3 nitrogen and oxygen atoms in total. The number of aromatic nitrogens is 1. The molecule has 0 amide bonds. The van der Waals surface area contributed by atoms with Gasteiger partial charge in [-0.3, -0.25) is 4.98 Å². The molecule has 1 N–H and O–H groups in total. The molecule has 0 aliphatic carbocycles. The van der Waals surface area contributed by atoms with Gasteiger partial charge >= 0.3 is 0 Å². The van der Waals surface area contributed by atoms with Crippen molar-refractivity contribution in [2.24, 2.45) is 0 Å². The normalized spacial score (nSPS) is 9.75. The number of phenols is 1. The summed E-state index contributed by atoms with van der Waals surface area (Å²) in [5.74, 6) is 0.0120. The molecule has 0 saturated heterocycles. The van der Waals surface area contributed by atoms with Gasteiger partial charge in [0.15, 0.2) is 0 Å². The third-order valence-corrected chi connectivity index (χ3v) is 2.45. The molecule has 1 heterocycles. The number of aromatic hydroxyl groups is 1. The Kier molecular flexibility index (Phi) is 2.57. The SMILES string of the molecule is Cc1cnccc1-c1ccc(O)c(C#N)c1. The molecule has 0 spiro atoms. The van der Waals surface area contributed by atoms with Gasteiger partial charge in [-0.05, 0) is 41.8 Å². The Morgan fingerprint density at radius 1 is 1.31 bits per heavy atom. The van der Waals surface area contributed by atoms with Crippen molar-refractivity contribution in [1.82, 2.24) is 4.98 Å². The molecule has 1 aromatic carbocycles. The molecular formula is C13H10N2O. The van der Waals surface area contributed by atoms with E-state index in [1.807, 2.05) is 19.1 Å². The minimum Gasteiger partial charge on any atom is -0.507 e. The quantitative estimate of drug-likeness (QED) is 0.787. The third kappa shape index (κ3) is 1.73. The molecule has 0 fully saturated rings. The Labute approximate surface area is 93.6 Å². The Balaban J connectivity index is 2.59. The summed E-state index contributed by atoms with van der Waals surface area (Å²) in [6, 6.07) is 8.85. The van der Waals surface area contributed by atoms with Gasteiger partial charge in [-0.25, -0.2) is 0 Å². The van der Waals surface area contributed by atoms with Gasteiger partial charge in [0, 0.05) is 12.4 Å². The lowest BCUT2D eigenvalue weighted by Crippen LogP contribution is -1.86. The van der Waals surface area contributed by atoms with Crippen LogP contribution in [-0.4, -0.2) is 10.1 Å². The molecule has 0 aliphatic heterocycles. The molecule has 0 unspecified atom stereocenters. The van der Waals surface area contributed by atoms with E-state index in [9.17, 15) is 5.11 Å². The van der Waals surface area contributed by atoms with E-state index in [0.717, 1.165) is 16.7 Å². The summed E-state index contributed by atoms with van der Waals surface area (Å²) in [6.07, 6.45) is 3.48. The predicted molar refractivity (Wildman–Crippen MR) is 60.8 cm³/mol. The maximum atomic E-state index is 9.42. The lowest BCUT2D eigenvalue weighted by molar-refractivity contribution is 0.473. The van der Waals surface area contributed by atoms with E-state index in [1.165, 1.54) is 6.07 Å². The van der Waals surface area contributed by atoms with Gasteiger partial charge in [0.05, 0.1) is 5.56 Å². The van der Waals surface area contributed by atoms with Crippen LogP contribution in [0.15, 0.2) is 36.7 Å². The van der Waals surface area contributed by atoms with E-state index in [1.54, 1.807) is 24.5 Å². The summed E-state index contributed by atoms with van der Waals surface area (Å²) >= 11 is 0. The Morgan fingerprint density at radius 3 is 2.81 bits per heavy atom. The number of aryl methyl sites for hydroxylation is 1. The second-order valence-corrected chi connectivity index (χ2v) is 3.53.